The van der Waals surface area contributed by atoms with Gasteiger partial charge in [0, 0.05) is 10.8 Å². The van der Waals surface area contributed by atoms with Gasteiger partial charge in [0.25, 0.3) is 0 Å². The number of benzene rings is 2. The molecule has 3 aromatic rings. The molecule has 0 saturated carbocycles. The Balaban J connectivity index is 1.72. The number of aliphatic carboxylic acids is 1. The number of hydrogen-bond acceptors (Lipinski definition) is 8. The maximum atomic E-state index is 14.0. The number of carboxylic acids is 1. The summed E-state index contributed by atoms with van der Waals surface area (Å²) in [5.41, 5.74) is 7.38. The number of hydrogen-bond donors (Lipinski definition) is 6. The van der Waals surface area contributed by atoms with Gasteiger partial charge in [-0.25, -0.2) is 0 Å². The molecule has 7 N–H and O–H groups in total. The van der Waals surface area contributed by atoms with E-state index in [2.05, 4.69) is 21.1 Å². The van der Waals surface area contributed by atoms with Crippen LogP contribution in [0.2, 0.25) is 0 Å². The van der Waals surface area contributed by atoms with Gasteiger partial charge < -0.3 is 26.7 Å². The lowest BCUT2D eigenvalue weighted by Crippen LogP contribution is -2.52. The Bertz CT molecular complexity index is 1270. The van der Waals surface area contributed by atoms with Crippen molar-refractivity contribution in [3.05, 3.63) is 93.7 Å². The largest absolute Gasteiger partial charge is 0.480 e. The lowest BCUT2D eigenvalue weighted by atomic mass is 9.84. The van der Waals surface area contributed by atoms with Crippen molar-refractivity contribution in [1.29, 1.82) is 0 Å². The molecule has 4 rings (SSSR count). The third kappa shape index (κ3) is 6.88. The lowest BCUT2D eigenvalue weighted by Gasteiger charge is -2.30. The summed E-state index contributed by atoms with van der Waals surface area (Å²) in [6.07, 6.45) is 1.48. The fourth-order valence-electron chi connectivity index (χ4n) is 4.80. The predicted octanol–water partition coefficient (Wildman–Crippen LogP) is 2.20. The minimum absolute atomic E-state index is 0.100. The number of amidine groups is 1. The molecule has 0 spiro atoms. The number of carbonyl (C=O) groups is 3. The monoisotopic (exact) mass is 549 g/mol. The summed E-state index contributed by atoms with van der Waals surface area (Å²) in [5, 5.41) is 30.6. The molecule has 11 heteroatoms. The molecule has 1 aromatic heterocycles. The summed E-state index contributed by atoms with van der Waals surface area (Å²) >= 11 is 1.14. The quantitative estimate of drug-likeness (QED) is 0.0866. The highest BCUT2D eigenvalue weighted by Gasteiger charge is 2.37. The van der Waals surface area contributed by atoms with E-state index in [0.717, 1.165) is 28.9 Å². The van der Waals surface area contributed by atoms with Gasteiger partial charge in [0.15, 0.2) is 11.6 Å². The number of ketones is 1. The van der Waals surface area contributed by atoms with Crippen molar-refractivity contribution in [2.75, 3.05) is 13.1 Å². The minimum Gasteiger partial charge on any atom is -0.480 e. The molecular formula is C28H31N5O5S. The van der Waals surface area contributed by atoms with Crippen LogP contribution in [0.25, 0.3) is 0 Å². The van der Waals surface area contributed by atoms with Crippen LogP contribution in [0.15, 0.2) is 78.0 Å². The van der Waals surface area contributed by atoms with Gasteiger partial charge >= 0.3 is 5.97 Å². The van der Waals surface area contributed by atoms with Gasteiger partial charge in [-0.05, 0) is 42.6 Å². The predicted molar refractivity (Wildman–Crippen MR) is 148 cm³/mol. The first-order valence-electron chi connectivity index (χ1n) is 12.6. The van der Waals surface area contributed by atoms with Crippen LogP contribution in [0.5, 0.6) is 0 Å². The van der Waals surface area contributed by atoms with Crippen LogP contribution in [0.3, 0.4) is 0 Å². The van der Waals surface area contributed by atoms with Crippen LogP contribution in [-0.2, 0) is 14.4 Å². The standard InChI is InChI=1S/C28H31N5O5S/c29-27(33-38)21-14-13-20(39-21)24(26(36)19-12-7-15-30-19)32-28(37)25(31-16-22(34)35)23(17-8-3-1-4-9-17)18-10-5-2-6-11-18/h1-6,8-11,13-14,19,23-25,30-31,38H,7,12,15-16H2,(H2,29,33)(H,32,37)(H,34,35)/t19-,24?,25+/m0/s1. The van der Waals surface area contributed by atoms with Gasteiger partial charge in [0.1, 0.15) is 6.04 Å². The summed E-state index contributed by atoms with van der Waals surface area (Å²) in [6, 6.07) is 19.5. The van der Waals surface area contributed by atoms with Crippen LogP contribution in [0.4, 0.5) is 0 Å². The van der Waals surface area contributed by atoms with Crippen molar-refractivity contribution in [2.24, 2.45) is 10.9 Å². The number of carboxylic acid groups (broad SMARTS) is 1. The number of nitrogens with two attached hydrogens (primary N) is 1. The lowest BCUT2D eigenvalue weighted by molar-refractivity contribution is -0.136. The zero-order valence-corrected chi connectivity index (χ0v) is 21.9. The SMILES string of the molecule is NC(=NO)c1ccc(C(NC(=O)[C@H](NCC(=O)O)C(c2ccccc2)c2ccccc2)C(=O)[C@@H]2CCCN2)s1. The van der Waals surface area contributed by atoms with E-state index in [9.17, 15) is 19.5 Å². The molecule has 39 heavy (non-hydrogen) atoms. The maximum absolute atomic E-state index is 14.0. The Morgan fingerprint density at radius 2 is 1.67 bits per heavy atom. The summed E-state index contributed by atoms with van der Waals surface area (Å²) in [7, 11) is 0. The molecule has 1 aliphatic heterocycles. The second kappa shape index (κ2) is 13.1. The number of carbonyl (C=O) groups excluding carboxylic acids is 2. The van der Waals surface area contributed by atoms with E-state index in [1.807, 2.05) is 60.7 Å². The van der Waals surface area contributed by atoms with Gasteiger partial charge in [-0.3, -0.25) is 19.7 Å². The number of oxime groups is 1. The summed E-state index contributed by atoms with van der Waals surface area (Å²) < 4.78 is 0. The molecule has 2 heterocycles. The van der Waals surface area contributed by atoms with Crippen LogP contribution >= 0.6 is 11.3 Å². The Labute approximate surface area is 229 Å². The van der Waals surface area contributed by atoms with Crippen LogP contribution in [0.1, 0.15) is 45.7 Å². The molecule has 1 saturated heterocycles. The Morgan fingerprint density at radius 3 is 2.21 bits per heavy atom. The maximum Gasteiger partial charge on any atom is 0.317 e. The van der Waals surface area contributed by atoms with Crippen LogP contribution in [-0.4, -0.2) is 59.0 Å². The highest BCUT2D eigenvalue weighted by Crippen LogP contribution is 2.31. The second-order valence-electron chi connectivity index (χ2n) is 9.23. The van der Waals surface area contributed by atoms with Gasteiger partial charge in [-0.1, -0.05) is 65.8 Å². The molecule has 1 unspecified atom stereocenters. The third-order valence-corrected chi connectivity index (χ3v) is 7.83. The zero-order chi connectivity index (χ0) is 27.8. The minimum atomic E-state index is -1.11. The Morgan fingerprint density at radius 1 is 1.03 bits per heavy atom. The van der Waals surface area contributed by atoms with Gasteiger partial charge in [-0.15, -0.1) is 11.3 Å². The summed E-state index contributed by atoms with van der Waals surface area (Å²) in [6.45, 7) is 0.244. The molecule has 2 aromatic carbocycles. The fraction of sp³-hybridized carbons (Fsp3) is 0.286. The van der Waals surface area contributed by atoms with E-state index in [-0.39, 0.29) is 11.6 Å². The summed E-state index contributed by atoms with van der Waals surface area (Å²) in [4.78, 5) is 40.2. The van der Waals surface area contributed by atoms with Crippen molar-refractivity contribution >= 4 is 34.8 Å². The van der Waals surface area contributed by atoms with Crippen molar-refractivity contribution in [3.63, 3.8) is 0 Å². The van der Waals surface area contributed by atoms with E-state index >= 15 is 0 Å². The molecule has 1 aliphatic rings. The third-order valence-electron chi connectivity index (χ3n) is 6.65. The van der Waals surface area contributed by atoms with Crippen molar-refractivity contribution in [2.45, 2.75) is 36.9 Å². The van der Waals surface area contributed by atoms with E-state index in [0.29, 0.717) is 22.7 Å². The van der Waals surface area contributed by atoms with E-state index < -0.39 is 42.5 Å². The summed E-state index contributed by atoms with van der Waals surface area (Å²) in [5.74, 6) is -2.48. The molecule has 1 fully saturated rings. The van der Waals surface area contributed by atoms with Gasteiger partial charge in [0.05, 0.1) is 23.5 Å². The number of nitrogens with one attached hydrogen (secondary N) is 3. The second-order valence-corrected chi connectivity index (χ2v) is 10.3. The number of nitrogens with zero attached hydrogens (tertiary/aromatic N) is 1. The smallest absolute Gasteiger partial charge is 0.317 e. The molecular weight excluding hydrogens is 518 g/mol. The first-order valence-corrected chi connectivity index (χ1v) is 13.4. The molecule has 10 nitrogen and oxygen atoms in total. The van der Waals surface area contributed by atoms with Gasteiger partial charge in [0.2, 0.25) is 5.91 Å². The van der Waals surface area contributed by atoms with Crippen molar-refractivity contribution in [3.8, 4) is 0 Å². The van der Waals surface area contributed by atoms with Crippen LogP contribution < -0.4 is 21.7 Å². The van der Waals surface area contributed by atoms with Crippen molar-refractivity contribution < 1.29 is 24.7 Å². The fourth-order valence-corrected chi connectivity index (χ4v) is 5.76. The molecule has 0 aliphatic carbocycles. The van der Waals surface area contributed by atoms with Crippen molar-refractivity contribution in [1.82, 2.24) is 16.0 Å². The zero-order valence-electron chi connectivity index (χ0n) is 21.1. The number of thiophene rings is 1. The Kier molecular flexibility index (Phi) is 9.42. The number of Topliss-reactive ketones (excluding diaryl/α,β-unsaturated/α-hetero) is 1. The highest BCUT2D eigenvalue weighted by atomic mass is 32.1. The molecule has 204 valence electrons. The van der Waals surface area contributed by atoms with E-state index in [1.165, 1.54) is 0 Å². The highest BCUT2D eigenvalue weighted by molar-refractivity contribution is 7.14. The normalized spacial score (nSPS) is 17.1. The number of amides is 1. The average molecular weight is 550 g/mol. The topological polar surface area (TPSA) is 166 Å². The molecule has 3 atom stereocenters. The van der Waals surface area contributed by atoms with Gasteiger partial charge in [-0.2, -0.15) is 0 Å². The van der Waals surface area contributed by atoms with E-state index in [4.69, 9.17) is 10.9 Å². The molecule has 0 bridgehead atoms. The molecule has 0 radical (unpaired) electrons. The number of rotatable bonds is 12. The average Bonchev–Trinajstić information content (AvgIpc) is 3.67. The van der Waals surface area contributed by atoms with E-state index in [1.54, 1.807) is 12.1 Å². The first kappa shape index (κ1) is 28.0. The first-order chi connectivity index (χ1) is 18.9. The van der Waals surface area contributed by atoms with Crippen LogP contribution in [0, 0.1) is 0 Å². The Hall–Kier alpha value is -4.06. The molecule has 1 amide bonds.